The van der Waals surface area contributed by atoms with E-state index in [0.29, 0.717) is 0 Å². The first-order chi connectivity index (χ1) is 11.5. The highest BCUT2D eigenvalue weighted by atomic mass is 32.1. The van der Waals surface area contributed by atoms with Gasteiger partial charge < -0.3 is 10.6 Å². The van der Waals surface area contributed by atoms with Crippen LogP contribution in [0.25, 0.3) is 10.6 Å². The van der Waals surface area contributed by atoms with Crippen molar-refractivity contribution in [3.05, 3.63) is 40.7 Å². The third-order valence-corrected chi connectivity index (χ3v) is 5.77. The summed E-state index contributed by atoms with van der Waals surface area (Å²) < 4.78 is 13.1. The Bertz CT molecular complexity index is 708. The fourth-order valence-corrected chi connectivity index (χ4v) is 4.08. The Kier molecular flexibility index (Phi) is 5.26. The maximum Gasteiger partial charge on any atom is 0.223 e. The highest BCUT2D eigenvalue weighted by Crippen LogP contribution is 2.32. The first-order valence-corrected chi connectivity index (χ1v) is 9.10. The number of hydrogen-bond acceptors (Lipinski definition) is 4. The number of nitrogens with zero attached hydrogens (tertiary/aromatic N) is 1. The van der Waals surface area contributed by atoms with Crippen LogP contribution < -0.4 is 10.6 Å². The number of piperidine rings is 1. The van der Waals surface area contributed by atoms with E-state index in [2.05, 4.69) is 15.6 Å². The molecule has 0 saturated carbocycles. The van der Waals surface area contributed by atoms with Crippen LogP contribution in [-0.4, -0.2) is 24.0 Å². The Morgan fingerprint density at radius 3 is 2.67 bits per heavy atom. The van der Waals surface area contributed by atoms with Crippen LogP contribution >= 0.6 is 11.3 Å². The molecule has 24 heavy (non-hydrogen) atoms. The summed E-state index contributed by atoms with van der Waals surface area (Å²) in [5, 5.41) is 7.25. The monoisotopic (exact) mass is 347 g/mol. The number of benzene rings is 1. The van der Waals surface area contributed by atoms with E-state index in [1.165, 1.54) is 12.1 Å². The summed E-state index contributed by atoms with van der Waals surface area (Å²) in [6.07, 6.45) is 1.78. The number of carbonyl (C=O) groups is 1. The Hall–Kier alpha value is -1.79. The number of halogens is 1. The number of carbonyl (C=O) groups excluding carboxylic acids is 1. The summed E-state index contributed by atoms with van der Waals surface area (Å²) >= 11 is 1.55. The molecule has 2 N–H and O–H groups in total. The number of aryl methyl sites for hydroxylation is 1. The van der Waals surface area contributed by atoms with E-state index in [1.807, 2.05) is 13.8 Å². The Balaban J connectivity index is 1.71. The zero-order valence-corrected chi connectivity index (χ0v) is 14.8. The van der Waals surface area contributed by atoms with Gasteiger partial charge in [-0.15, -0.1) is 11.3 Å². The van der Waals surface area contributed by atoms with Gasteiger partial charge in [-0.2, -0.15) is 0 Å². The molecule has 1 aliphatic heterocycles. The van der Waals surface area contributed by atoms with Crippen LogP contribution in [0.3, 0.4) is 0 Å². The first-order valence-electron chi connectivity index (χ1n) is 8.29. The minimum Gasteiger partial charge on any atom is -0.348 e. The van der Waals surface area contributed by atoms with Crippen LogP contribution in [0.1, 0.15) is 36.4 Å². The van der Waals surface area contributed by atoms with Gasteiger partial charge in [-0.3, -0.25) is 4.79 Å². The lowest BCUT2D eigenvalue weighted by Gasteiger charge is -2.23. The number of thiazole rings is 1. The van der Waals surface area contributed by atoms with Gasteiger partial charge in [0.1, 0.15) is 10.8 Å². The lowest BCUT2D eigenvalue weighted by atomic mass is 9.97. The summed E-state index contributed by atoms with van der Waals surface area (Å²) in [4.78, 5) is 18.0. The lowest BCUT2D eigenvalue weighted by molar-refractivity contribution is -0.126. The SMILES string of the molecule is Cc1nc(-c2ccc(F)cc2)sc1C(C)NC(=O)C1CCNCC1. The van der Waals surface area contributed by atoms with Crippen molar-refractivity contribution < 1.29 is 9.18 Å². The van der Waals surface area contributed by atoms with Crippen molar-refractivity contribution in [1.29, 1.82) is 0 Å². The van der Waals surface area contributed by atoms with Gasteiger partial charge in [0.2, 0.25) is 5.91 Å². The second kappa shape index (κ2) is 7.40. The second-order valence-corrected chi connectivity index (χ2v) is 7.26. The van der Waals surface area contributed by atoms with Crippen LogP contribution in [0.4, 0.5) is 4.39 Å². The van der Waals surface area contributed by atoms with E-state index in [-0.39, 0.29) is 23.7 Å². The highest BCUT2D eigenvalue weighted by Gasteiger charge is 2.24. The summed E-state index contributed by atoms with van der Waals surface area (Å²) in [7, 11) is 0. The number of nitrogens with one attached hydrogen (secondary N) is 2. The largest absolute Gasteiger partial charge is 0.348 e. The fourth-order valence-electron chi connectivity index (χ4n) is 3.01. The molecular weight excluding hydrogens is 325 g/mol. The Morgan fingerprint density at radius 1 is 1.33 bits per heavy atom. The molecule has 2 heterocycles. The zero-order chi connectivity index (χ0) is 17.1. The minimum atomic E-state index is -0.255. The van der Waals surface area contributed by atoms with Crippen LogP contribution in [-0.2, 0) is 4.79 Å². The third kappa shape index (κ3) is 3.82. The molecule has 4 nitrogen and oxygen atoms in total. The zero-order valence-electron chi connectivity index (χ0n) is 13.9. The van der Waals surface area contributed by atoms with E-state index in [1.54, 1.807) is 23.5 Å². The van der Waals surface area contributed by atoms with Crippen molar-refractivity contribution in [2.45, 2.75) is 32.7 Å². The van der Waals surface area contributed by atoms with Crippen LogP contribution in [0.2, 0.25) is 0 Å². The Morgan fingerprint density at radius 2 is 2.00 bits per heavy atom. The standard InChI is InChI=1S/C18H22FN3OS/c1-11(21-17(23)13-7-9-20-10-8-13)16-12(2)22-18(24-16)14-3-5-15(19)6-4-14/h3-6,11,13,20H,7-10H2,1-2H3,(H,21,23). The van der Waals surface area contributed by atoms with Gasteiger partial charge in [0.25, 0.3) is 0 Å². The first kappa shape index (κ1) is 17.0. The quantitative estimate of drug-likeness (QED) is 0.891. The van der Waals surface area contributed by atoms with Gasteiger partial charge in [0.15, 0.2) is 0 Å². The number of rotatable bonds is 4. The van der Waals surface area contributed by atoms with Crippen molar-refractivity contribution in [3.63, 3.8) is 0 Å². The van der Waals surface area contributed by atoms with Crippen LogP contribution in [0.5, 0.6) is 0 Å². The van der Waals surface area contributed by atoms with Gasteiger partial charge in [0.05, 0.1) is 16.6 Å². The molecular formula is C18H22FN3OS. The average Bonchev–Trinajstić information content (AvgIpc) is 2.98. The van der Waals surface area contributed by atoms with E-state index >= 15 is 0 Å². The van der Waals surface area contributed by atoms with E-state index < -0.39 is 0 Å². The van der Waals surface area contributed by atoms with Crippen molar-refractivity contribution >= 4 is 17.2 Å². The van der Waals surface area contributed by atoms with Gasteiger partial charge >= 0.3 is 0 Å². The molecule has 128 valence electrons. The Labute approximate surface area is 145 Å². The predicted molar refractivity (Wildman–Crippen MR) is 94.4 cm³/mol. The molecule has 0 bridgehead atoms. The smallest absolute Gasteiger partial charge is 0.223 e. The van der Waals surface area contributed by atoms with Crippen molar-refractivity contribution in [3.8, 4) is 10.6 Å². The maximum absolute atomic E-state index is 13.1. The highest BCUT2D eigenvalue weighted by molar-refractivity contribution is 7.15. The second-order valence-electron chi connectivity index (χ2n) is 6.23. The van der Waals surface area contributed by atoms with Crippen molar-refractivity contribution in [2.75, 3.05) is 13.1 Å². The molecule has 1 unspecified atom stereocenters. The molecule has 1 amide bonds. The summed E-state index contributed by atoms with van der Waals surface area (Å²) in [5.74, 6) is -0.0338. The predicted octanol–water partition coefficient (Wildman–Crippen LogP) is 3.43. The van der Waals surface area contributed by atoms with Crippen molar-refractivity contribution in [2.24, 2.45) is 5.92 Å². The molecule has 0 radical (unpaired) electrons. The molecule has 1 aromatic carbocycles. The lowest BCUT2D eigenvalue weighted by Crippen LogP contribution is -2.39. The number of amides is 1. The van der Waals surface area contributed by atoms with Crippen LogP contribution in [0, 0.1) is 18.7 Å². The van der Waals surface area contributed by atoms with Crippen LogP contribution in [0.15, 0.2) is 24.3 Å². The summed E-state index contributed by atoms with van der Waals surface area (Å²) in [5.41, 5.74) is 1.81. The van der Waals surface area contributed by atoms with E-state index in [4.69, 9.17) is 0 Å². The molecule has 6 heteroatoms. The number of aromatic nitrogens is 1. The molecule has 0 aliphatic carbocycles. The summed E-state index contributed by atoms with van der Waals surface area (Å²) in [6, 6.07) is 6.27. The molecule has 1 atom stereocenters. The van der Waals surface area contributed by atoms with Gasteiger partial charge in [-0.1, -0.05) is 0 Å². The fraction of sp³-hybridized carbons (Fsp3) is 0.444. The average molecular weight is 347 g/mol. The number of hydrogen-bond donors (Lipinski definition) is 2. The van der Waals surface area contributed by atoms with E-state index in [0.717, 1.165) is 47.1 Å². The van der Waals surface area contributed by atoms with Gasteiger partial charge in [-0.25, -0.2) is 9.37 Å². The topological polar surface area (TPSA) is 54.0 Å². The normalized spacial score (nSPS) is 16.8. The minimum absolute atomic E-state index is 0.0703. The molecule has 0 spiro atoms. The molecule has 2 aromatic rings. The van der Waals surface area contributed by atoms with E-state index in [9.17, 15) is 9.18 Å². The summed E-state index contributed by atoms with van der Waals surface area (Å²) in [6.45, 7) is 5.75. The molecule has 1 aliphatic rings. The molecule has 1 fully saturated rings. The van der Waals surface area contributed by atoms with Crippen molar-refractivity contribution in [1.82, 2.24) is 15.6 Å². The molecule has 1 saturated heterocycles. The van der Waals surface area contributed by atoms with Gasteiger partial charge in [-0.05, 0) is 64.0 Å². The molecule has 3 rings (SSSR count). The third-order valence-electron chi connectivity index (χ3n) is 4.39. The van der Waals surface area contributed by atoms with Gasteiger partial charge in [0, 0.05) is 11.5 Å². The maximum atomic E-state index is 13.1. The molecule has 1 aromatic heterocycles.